The standard InChI is InChI=1S/C33H41N7O5/c1-33(2,3)45-32(42)38-14-17-40-15-12-23(13-16-40)31(41)39-24-18-27(43-25-8-4-21(5-9-25)29(34)35)20-28(19-24)44-26-10-6-22(7-11-26)30(36)37/h4-11,18-20,23H,12-17H2,1-3H3,(H3,34,35)(H3,36,37)(H,38,42)(H,39,41). The van der Waals surface area contributed by atoms with E-state index in [1.54, 1.807) is 66.7 Å². The maximum Gasteiger partial charge on any atom is 0.407 e. The van der Waals surface area contributed by atoms with Gasteiger partial charge in [-0.3, -0.25) is 15.6 Å². The van der Waals surface area contributed by atoms with Crippen molar-refractivity contribution in [3.8, 4) is 23.0 Å². The van der Waals surface area contributed by atoms with Crippen LogP contribution in [-0.4, -0.2) is 60.4 Å². The molecule has 238 valence electrons. The van der Waals surface area contributed by atoms with Gasteiger partial charge in [0, 0.05) is 54.0 Å². The van der Waals surface area contributed by atoms with Gasteiger partial charge in [-0.15, -0.1) is 0 Å². The Bertz CT molecular complexity index is 1430. The van der Waals surface area contributed by atoms with Crippen LogP contribution in [0, 0.1) is 16.7 Å². The predicted molar refractivity (Wildman–Crippen MR) is 174 cm³/mol. The van der Waals surface area contributed by atoms with Crippen molar-refractivity contribution in [1.29, 1.82) is 10.8 Å². The molecule has 12 heteroatoms. The number of nitrogen functional groups attached to an aromatic ring is 2. The molecule has 45 heavy (non-hydrogen) atoms. The summed E-state index contributed by atoms with van der Waals surface area (Å²) < 4.78 is 17.4. The molecule has 4 rings (SSSR count). The molecule has 0 bridgehead atoms. The van der Waals surface area contributed by atoms with Crippen molar-refractivity contribution in [3.05, 3.63) is 77.9 Å². The highest BCUT2D eigenvalue weighted by Gasteiger charge is 2.25. The number of anilines is 1. The maximum atomic E-state index is 13.3. The first-order valence-electron chi connectivity index (χ1n) is 14.7. The highest BCUT2D eigenvalue weighted by molar-refractivity contribution is 5.95. The third-order valence-electron chi connectivity index (χ3n) is 7.00. The highest BCUT2D eigenvalue weighted by atomic mass is 16.6. The Hall–Kier alpha value is -5.10. The van der Waals surface area contributed by atoms with Gasteiger partial charge in [0.05, 0.1) is 0 Å². The summed E-state index contributed by atoms with van der Waals surface area (Å²) in [5.41, 5.74) is 12.3. The quantitative estimate of drug-likeness (QED) is 0.128. The van der Waals surface area contributed by atoms with E-state index in [9.17, 15) is 9.59 Å². The summed E-state index contributed by atoms with van der Waals surface area (Å²) in [6, 6.07) is 18.7. The number of likely N-dealkylation sites (tertiary alicyclic amines) is 1. The van der Waals surface area contributed by atoms with E-state index in [2.05, 4.69) is 15.5 Å². The van der Waals surface area contributed by atoms with Gasteiger partial charge in [0.1, 0.15) is 40.3 Å². The molecule has 0 radical (unpaired) electrons. The number of rotatable bonds is 11. The van der Waals surface area contributed by atoms with Crippen molar-refractivity contribution in [2.24, 2.45) is 17.4 Å². The largest absolute Gasteiger partial charge is 0.457 e. The van der Waals surface area contributed by atoms with E-state index in [-0.39, 0.29) is 23.5 Å². The molecule has 0 atom stereocenters. The number of nitrogens with two attached hydrogens (primary N) is 2. The van der Waals surface area contributed by atoms with Crippen molar-refractivity contribution in [2.45, 2.75) is 39.2 Å². The minimum atomic E-state index is -0.544. The summed E-state index contributed by atoms with van der Waals surface area (Å²) in [6.07, 6.45) is 0.929. The minimum absolute atomic E-state index is 0.0407. The summed E-state index contributed by atoms with van der Waals surface area (Å²) in [5.74, 6) is 1.56. The third-order valence-corrected chi connectivity index (χ3v) is 7.00. The molecule has 12 nitrogen and oxygen atoms in total. The van der Waals surface area contributed by atoms with Crippen LogP contribution in [0.1, 0.15) is 44.7 Å². The van der Waals surface area contributed by atoms with Crippen LogP contribution in [0.5, 0.6) is 23.0 Å². The molecular formula is C33H41N7O5. The fraction of sp³-hybridized carbons (Fsp3) is 0.333. The van der Waals surface area contributed by atoms with Gasteiger partial charge in [0.15, 0.2) is 0 Å². The van der Waals surface area contributed by atoms with Crippen molar-refractivity contribution in [3.63, 3.8) is 0 Å². The van der Waals surface area contributed by atoms with Crippen LogP contribution >= 0.6 is 0 Å². The summed E-state index contributed by atoms with van der Waals surface area (Å²) in [4.78, 5) is 27.4. The predicted octanol–water partition coefficient (Wildman–Crippen LogP) is 5.01. The Kier molecular flexibility index (Phi) is 10.6. The molecule has 1 saturated heterocycles. The second-order valence-corrected chi connectivity index (χ2v) is 11.8. The van der Waals surface area contributed by atoms with Gasteiger partial charge in [-0.1, -0.05) is 0 Å². The molecule has 0 aliphatic carbocycles. The van der Waals surface area contributed by atoms with Crippen molar-refractivity contribution in [1.82, 2.24) is 10.2 Å². The van der Waals surface area contributed by atoms with E-state index in [0.29, 0.717) is 65.7 Å². The third kappa shape index (κ3) is 10.2. The zero-order chi connectivity index (χ0) is 32.6. The summed E-state index contributed by atoms with van der Waals surface area (Å²) in [7, 11) is 0. The molecule has 3 aromatic rings. The van der Waals surface area contributed by atoms with E-state index in [4.69, 9.17) is 36.5 Å². The number of nitrogens with zero attached hydrogens (tertiary/aromatic N) is 1. The Morgan fingerprint density at radius 3 is 1.76 bits per heavy atom. The van der Waals surface area contributed by atoms with Crippen LogP contribution in [0.25, 0.3) is 0 Å². The topological polar surface area (TPSA) is 189 Å². The van der Waals surface area contributed by atoms with Crippen LogP contribution in [-0.2, 0) is 9.53 Å². The lowest BCUT2D eigenvalue weighted by Crippen LogP contribution is -2.42. The van der Waals surface area contributed by atoms with Crippen LogP contribution in [0.4, 0.5) is 10.5 Å². The normalized spacial score (nSPS) is 13.8. The molecule has 0 spiro atoms. The molecule has 1 aliphatic rings. The molecule has 2 amide bonds. The number of alkyl carbamates (subject to hydrolysis) is 1. The van der Waals surface area contributed by atoms with Crippen LogP contribution in [0.2, 0.25) is 0 Å². The molecule has 0 aromatic heterocycles. The van der Waals surface area contributed by atoms with Gasteiger partial charge < -0.3 is 41.2 Å². The number of benzene rings is 3. The zero-order valence-electron chi connectivity index (χ0n) is 25.8. The van der Waals surface area contributed by atoms with E-state index >= 15 is 0 Å². The fourth-order valence-corrected chi connectivity index (χ4v) is 4.73. The van der Waals surface area contributed by atoms with Crippen molar-refractivity contribution in [2.75, 3.05) is 31.5 Å². The van der Waals surface area contributed by atoms with Gasteiger partial charge in [0.2, 0.25) is 5.91 Å². The van der Waals surface area contributed by atoms with Gasteiger partial charge in [-0.2, -0.15) is 0 Å². The second kappa shape index (κ2) is 14.6. The SMILES string of the molecule is CC(C)(C)OC(=O)NCCN1CCC(C(=O)Nc2cc(Oc3ccc(C(=N)N)cc3)cc(Oc3ccc(C(=N)N)cc3)c2)CC1. The molecule has 0 saturated carbocycles. The smallest absolute Gasteiger partial charge is 0.407 e. The first kappa shape index (κ1) is 32.8. The molecular weight excluding hydrogens is 574 g/mol. The molecule has 1 aliphatic heterocycles. The minimum Gasteiger partial charge on any atom is -0.457 e. The first-order chi connectivity index (χ1) is 21.3. The number of carbonyl (C=O) groups excluding carboxylic acids is 2. The van der Waals surface area contributed by atoms with Gasteiger partial charge in [0.25, 0.3) is 0 Å². The Morgan fingerprint density at radius 1 is 0.822 bits per heavy atom. The molecule has 0 unspecified atom stereocenters. The van der Waals surface area contributed by atoms with Gasteiger partial charge >= 0.3 is 6.09 Å². The fourth-order valence-electron chi connectivity index (χ4n) is 4.73. The van der Waals surface area contributed by atoms with Crippen molar-refractivity contribution >= 4 is 29.4 Å². The average Bonchev–Trinajstić information content (AvgIpc) is 2.97. The van der Waals surface area contributed by atoms with E-state index < -0.39 is 11.7 Å². The van der Waals surface area contributed by atoms with E-state index in [1.807, 2.05) is 20.8 Å². The number of nitrogens with one attached hydrogen (secondary N) is 4. The van der Waals surface area contributed by atoms with Gasteiger partial charge in [-0.25, -0.2) is 4.79 Å². The number of amidine groups is 2. The Morgan fingerprint density at radius 2 is 1.31 bits per heavy atom. The molecule has 3 aromatic carbocycles. The number of ether oxygens (including phenoxy) is 3. The number of hydrogen-bond donors (Lipinski definition) is 6. The van der Waals surface area contributed by atoms with Crippen LogP contribution in [0.3, 0.4) is 0 Å². The monoisotopic (exact) mass is 615 g/mol. The lowest BCUT2D eigenvalue weighted by atomic mass is 9.96. The van der Waals surface area contributed by atoms with Gasteiger partial charge in [-0.05, 0) is 95.2 Å². The summed E-state index contributed by atoms with van der Waals surface area (Å²) >= 11 is 0. The average molecular weight is 616 g/mol. The van der Waals surface area contributed by atoms with E-state index in [1.165, 1.54) is 0 Å². The number of hydrogen-bond acceptors (Lipinski definition) is 8. The lowest BCUT2D eigenvalue weighted by molar-refractivity contribution is -0.121. The summed E-state index contributed by atoms with van der Waals surface area (Å²) in [5, 5.41) is 21.0. The Balaban J connectivity index is 1.40. The van der Waals surface area contributed by atoms with E-state index in [0.717, 1.165) is 13.1 Å². The Labute approximate surface area is 263 Å². The summed E-state index contributed by atoms with van der Waals surface area (Å²) in [6.45, 7) is 8.08. The lowest BCUT2D eigenvalue weighted by Gasteiger charge is -2.31. The first-order valence-corrected chi connectivity index (χ1v) is 14.7. The molecule has 1 heterocycles. The number of piperidine rings is 1. The number of carbonyl (C=O) groups is 2. The van der Waals surface area contributed by atoms with Crippen LogP contribution < -0.4 is 31.6 Å². The zero-order valence-corrected chi connectivity index (χ0v) is 25.8. The highest BCUT2D eigenvalue weighted by Crippen LogP contribution is 2.33. The maximum absolute atomic E-state index is 13.3. The molecule has 1 fully saturated rings. The number of amides is 2. The second-order valence-electron chi connectivity index (χ2n) is 11.8. The molecule has 8 N–H and O–H groups in total. The van der Waals surface area contributed by atoms with Crippen LogP contribution in [0.15, 0.2) is 66.7 Å². The van der Waals surface area contributed by atoms with Crippen molar-refractivity contribution < 1.29 is 23.8 Å².